The van der Waals surface area contributed by atoms with Crippen molar-refractivity contribution in [1.82, 2.24) is 5.32 Å². The molecule has 3 nitrogen and oxygen atoms in total. The van der Waals surface area contributed by atoms with Gasteiger partial charge in [-0.05, 0) is 24.2 Å². The topological polar surface area (TPSA) is 38.3 Å². The van der Waals surface area contributed by atoms with E-state index < -0.39 is 0 Å². The molecule has 1 aliphatic carbocycles. The lowest BCUT2D eigenvalue weighted by molar-refractivity contribution is 0.149. The van der Waals surface area contributed by atoms with Crippen molar-refractivity contribution in [2.24, 2.45) is 11.3 Å². The van der Waals surface area contributed by atoms with Crippen LogP contribution in [0.3, 0.4) is 0 Å². The van der Waals surface area contributed by atoms with Crippen molar-refractivity contribution in [3.63, 3.8) is 0 Å². The first-order valence-electron chi connectivity index (χ1n) is 4.79. The van der Waals surface area contributed by atoms with Gasteiger partial charge in [0.25, 0.3) is 0 Å². The molecule has 1 rings (SSSR count). The van der Waals surface area contributed by atoms with E-state index in [1.807, 2.05) is 0 Å². The molecule has 0 saturated heterocycles. The van der Waals surface area contributed by atoms with Crippen LogP contribution in [0.25, 0.3) is 0 Å². The van der Waals surface area contributed by atoms with Gasteiger partial charge in [-0.1, -0.05) is 20.8 Å². The van der Waals surface area contributed by atoms with E-state index in [1.54, 1.807) is 0 Å². The van der Waals surface area contributed by atoms with Crippen LogP contribution < -0.4 is 5.32 Å². The first-order chi connectivity index (χ1) is 5.95. The number of hydrogen-bond acceptors (Lipinski definition) is 2. The number of hydrogen-bond donors (Lipinski definition) is 1. The molecule has 0 aromatic rings. The van der Waals surface area contributed by atoms with Crippen LogP contribution in [0.15, 0.2) is 0 Å². The second-order valence-electron chi connectivity index (χ2n) is 4.82. The average molecular weight is 185 g/mol. The first kappa shape index (κ1) is 10.4. The summed E-state index contributed by atoms with van der Waals surface area (Å²) < 4.78 is 4.60. The van der Waals surface area contributed by atoms with Gasteiger partial charge in [0.15, 0.2) is 0 Å². The smallest absolute Gasteiger partial charge is 0.407 e. The van der Waals surface area contributed by atoms with Gasteiger partial charge >= 0.3 is 6.09 Å². The van der Waals surface area contributed by atoms with Crippen molar-refractivity contribution in [1.29, 1.82) is 0 Å². The summed E-state index contributed by atoms with van der Waals surface area (Å²) in [5, 5.41) is 2.91. The quantitative estimate of drug-likeness (QED) is 0.716. The van der Waals surface area contributed by atoms with E-state index in [1.165, 1.54) is 20.0 Å². The molecule has 76 valence electrons. The molecule has 0 radical (unpaired) electrons. The van der Waals surface area contributed by atoms with Gasteiger partial charge in [-0.15, -0.1) is 0 Å². The fourth-order valence-electron chi connectivity index (χ4n) is 1.66. The van der Waals surface area contributed by atoms with E-state index in [-0.39, 0.29) is 17.6 Å². The minimum Gasteiger partial charge on any atom is -0.453 e. The van der Waals surface area contributed by atoms with Gasteiger partial charge in [-0.3, -0.25) is 0 Å². The Kier molecular flexibility index (Phi) is 2.84. The summed E-state index contributed by atoms with van der Waals surface area (Å²) >= 11 is 0. The van der Waals surface area contributed by atoms with E-state index in [4.69, 9.17) is 0 Å². The van der Waals surface area contributed by atoms with E-state index in [0.717, 1.165) is 0 Å². The van der Waals surface area contributed by atoms with Crippen LogP contribution in [0.5, 0.6) is 0 Å². The maximum Gasteiger partial charge on any atom is 0.407 e. The molecule has 1 N–H and O–H groups in total. The van der Waals surface area contributed by atoms with Crippen molar-refractivity contribution in [3.8, 4) is 0 Å². The Hall–Kier alpha value is -0.730. The Morgan fingerprint density at radius 3 is 2.31 bits per heavy atom. The molecule has 1 fully saturated rings. The van der Waals surface area contributed by atoms with Gasteiger partial charge in [0.05, 0.1) is 7.11 Å². The van der Waals surface area contributed by atoms with Gasteiger partial charge in [0.2, 0.25) is 0 Å². The number of methoxy groups -OCH3 is 1. The summed E-state index contributed by atoms with van der Waals surface area (Å²) in [7, 11) is 1.40. The molecule has 1 atom stereocenters. The third-order valence-electron chi connectivity index (χ3n) is 2.49. The van der Waals surface area contributed by atoms with E-state index in [2.05, 4.69) is 30.8 Å². The highest BCUT2D eigenvalue weighted by atomic mass is 16.5. The standard InChI is InChI=1S/C10H19NO2/c1-10(2,3)8(7-5-6-7)11-9(12)13-4/h7-8H,5-6H2,1-4H3,(H,11,12)/t8-/m0/s1. The summed E-state index contributed by atoms with van der Waals surface area (Å²) in [5.74, 6) is 0.652. The van der Waals surface area contributed by atoms with E-state index in [9.17, 15) is 4.79 Å². The van der Waals surface area contributed by atoms with Gasteiger partial charge in [-0.2, -0.15) is 0 Å². The van der Waals surface area contributed by atoms with Crippen LogP contribution in [0.1, 0.15) is 33.6 Å². The van der Waals surface area contributed by atoms with Crippen LogP contribution >= 0.6 is 0 Å². The predicted molar refractivity (Wildman–Crippen MR) is 51.5 cm³/mol. The highest BCUT2D eigenvalue weighted by Gasteiger charge is 2.39. The van der Waals surface area contributed by atoms with Gasteiger partial charge < -0.3 is 10.1 Å². The lowest BCUT2D eigenvalue weighted by Crippen LogP contribution is -2.45. The normalized spacial score (nSPS) is 19.4. The highest BCUT2D eigenvalue weighted by molar-refractivity contribution is 5.67. The van der Waals surface area contributed by atoms with Crippen molar-refractivity contribution in [2.45, 2.75) is 39.7 Å². The van der Waals surface area contributed by atoms with Crippen LogP contribution in [0.4, 0.5) is 4.79 Å². The molecule has 1 amide bonds. The molecule has 0 aliphatic heterocycles. The fourth-order valence-corrected chi connectivity index (χ4v) is 1.66. The molecule has 1 saturated carbocycles. The van der Waals surface area contributed by atoms with Crippen molar-refractivity contribution in [2.75, 3.05) is 7.11 Å². The molecular formula is C10H19NO2. The minimum absolute atomic E-state index is 0.120. The Balaban J connectivity index is 2.53. The molecule has 0 aromatic heterocycles. The molecule has 0 heterocycles. The number of carbonyl (C=O) groups excluding carboxylic acids is 1. The van der Waals surface area contributed by atoms with Crippen molar-refractivity contribution in [3.05, 3.63) is 0 Å². The minimum atomic E-state index is -0.313. The monoisotopic (exact) mass is 185 g/mol. The van der Waals surface area contributed by atoms with E-state index in [0.29, 0.717) is 5.92 Å². The molecule has 0 aromatic carbocycles. The summed E-state index contributed by atoms with van der Waals surface area (Å²) in [5.41, 5.74) is 0.120. The summed E-state index contributed by atoms with van der Waals surface area (Å²) in [6, 6.07) is 0.250. The fraction of sp³-hybridized carbons (Fsp3) is 0.900. The van der Waals surface area contributed by atoms with Gasteiger partial charge in [-0.25, -0.2) is 4.79 Å². The Bertz CT molecular complexity index is 192. The number of amides is 1. The predicted octanol–water partition coefficient (Wildman–Crippen LogP) is 2.17. The van der Waals surface area contributed by atoms with Crippen LogP contribution in [-0.2, 0) is 4.74 Å². The maximum atomic E-state index is 11.1. The molecule has 3 heteroatoms. The molecule has 13 heavy (non-hydrogen) atoms. The van der Waals surface area contributed by atoms with Crippen LogP contribution in [-0.4, -0.2) is 19.2 Å². The maximum absolute atomic E-state index is 11.1. The largest absolute Gasteiger partial charge is 0.453 e. The molecule has 0 unspecified atom stereocenters. The second kappa shape index (κ2) is 3.56. The zero-order valence-electron chi connectivity index (χ0n) is 8.89. The third kappa shape index (κ3) is 2.90. The number of alkyl carbamates (subject to hydrolysis) is 1. The Morgan fingerprint density at radius 1 is 1.46 bits per heavy atom. The van der Waals surface area contributed by atoms with Crippen molar-refractivity contribution >= 4 is 6.09 Å². The Labute approximate surface area is 79.8 Å². The van der Waals surface area contributed by atoms with Crippen molar-refractivity contribution < 1.29 is 9.53 Å². The molecule has 0 bridgehead atoms. The second-order valence-corrected chi connectivity index (χ2v) is 4.82. The molecular weight excluding hydrogens is 166 g/mol. The number of rotatable bonds is 2. The number of carbonyl (C=O) groups is 1. The summed E-state index contributed by atoms with van der Waals surface area (Å²) in [4.78, 5) is 11.1. The number of nitrogens with one attached hydrogen (secondary N) is 1. The Morgan fingerprint density at radius 2 is 2.00 bits per heavy atom. The third-order valence-corrected chi connectivity index (χ3v) is 2.49. The van der Waals surface area contributed by atoms with Crippen LogP contribution in [0.2, 0.25) is 0 Å². The summed E-state index contributed by atoms with van der Waals surface area (Å²) in [6.45, 7) is 6.43. The highest BCUT2D eigenvalue weighted by Crippen LogP contribution is 2.40. The molecule has 1 aliphatic rings. The number of ether oxygens (including phenoxy) is 1. The zero-order valence-corrected chi connectivity index (χ0v) is 8.89. The summed E-state index contributed by atoms with van der Waals surface area (Å²) in [6.07, 6.45) is 2.14. The molecule has 0 spiro atoms. The zero-order chi connectivity index (χ0) is 10.1. The lowest BCUT2D eigenvalue weighted by atomic mass is 9.84. The van der Waals surface area contributed by atoms with Gasteiger partial charge in [0, 0.05) is 6.04 Å². The first-order valence-corrected chi connectivity index (χ1v) is 4.79. The lowest BCUT2D eigenvalue weighted by Gasteiger charge is -2.31. The average Bonchev–Trinajstić information content (AvgIpc) is 2.80. The van der Waals surface area contributed by atoms with E-state index >= 15 is 0 Å². The van der Waals surface area contributed by atoms with Crippen LogP contribution in [0, 0.1) is 11.3 Å². The van der Waals surface area contributed by atoms with Gasteiger partial charge in [0.1, 0.15) is 0 Å². The SMILES string of the molecule is COC(=O)N[C@@H](C1CC1)C(C)(C)C.